The van der Waals surface area contributed by atoms with Crippen molar-refractivity contribution < 1.29 is 9.53 Å². The zero-order chi connectivity index (χ0) is 11.0. The summed E-state index contributed by atoms with van der Waals surface area (Å²) in [4.78, 5) is 11.0. The molecule has 0 aromatic heterocycles. The summed E-state index contributed by atoms with van der Waals surface area (Å²) in [7, 11) is 0. The van der Waals surface area contributed by atoms with Gasteiger partial charge in [-0.15, -0.1) is 0 Å². The summed E-state index contributed by atoms with van der Waals surface area (Å²) in [5.74, 6) is 0.116. The fourth-order valence-corrected chi connectivity index (χ4v) is 0.969. The molecule has 1 N–H and O–H groups in total. The highest BCUT2D eigenvalue weighted by Gasteiger charge is 2.05. The van der Waals surface area contributed by atoms with Crippen LogP contribution in [0.4, 0.5) is 0 Å². The van der Waals surface area contributed by atoms with Crippen LogP contribution in [0.1, 0.15) is 20.8 Å². The summed E-state index contributed by atoms with van der Waals surface area (Å²) in [6, 6.07) is 0. The molecule has 3 heteroatoms. The molecule has 0 spiro atoms. The van der Waals surface area contributed by atoms with Gasteiger partial charge in [-0.05, 0) is 18.9 Å². The van der Waals surface area contributed by atoms with Crippen molar-refractivity contribution in [2.24, 2.45) is 5.92 Å². The van der Waals surface area contributed by atoms with Crippen molar-refractivity contribution in [2.75, 3.05) is 13.2 Å². The van der Waals surface area contributed by atoms with Gasteiger partial charge in [-0.1, -0.05) is 26.5 Å². The monoisotopic (exact) mass is 197 g/mol. The summed E-state index contributed by atoms with van der Waals surface area (Å²) in [6.45, 7) is 10.1. The molecule has 0 aliphatic rings. The maximum Gasteiger partial charge on any atom is 0.325 e. The van der Waals surface area contributed by atoms with Gasteiger partial charge in [-0.3, -0.25) is 4.79 Å². The molecule has 0 amide bonds. The molecular formula is C11H19NO2. The average molecular weight is 197 g/mol. The van der Waals surface area contributed by atoms with E-state index in [1.807, 2.05) is 19.9 Å². The number of rotatable bonds is 6. The van der Waals surface area contributed by atoms with Crippen molar-refractivity contribution in [3.63, 3.8) is 0 Å². The van der Waals surface area contributed by atoms with Crippen LogP contribution in [0.3, 0.4) is 0 Å². The minimum atomic E-state index is -0.233. The number of allylic oxidation sites excluding steroid dienone is 3. The van der Waals surface area contributed by atoms with E-state index in [0.29, 0.717) is 12.5 Å². The molecule has 0 aromatic rings. The Kier molecular flexibility index (Phi) is 6.54. The minimum Gasteiger partial charge on any atom is -0.465 e. The highest BCUT2D eigenvalue weighted by molar-refractivity contribution is 5.71. The first-order valence-electron chi connectivity index (χ1n) is 4.83. The molecule has 0 heterocycles. The van der Waals surface area contributed by atoms with E-state index in [0.717, 1.165) is 5.70 Å². The molecule has 0 radical (unpaired) electrons. The van der Waals surface area contributed by atoms with E-state index < -0.39 is 0 Å². The molecule has 0 aliphatic heterocycles. The average Bonchev–Trinajstić information content (AvgIpc) is 2.12. The number of ether oxygens (including phenoxy) is 1. The molecule has 14 heavy (non-hydrogen) atoms. The lowest BCUT2D eigenvalue weighted by molar-refractivity contribution is -0.141. The normalized spacial score (nSPS) is 11.3. The smallest absolute Gasteiger partial charge is 0.325 e. The minimum absolute atomic E-state index is 0.214. The van der Waals surface area contributed by atoms with Gasteiger partial charge in [0.2, 0.25) is 0 Å². The van der Waals surface area contributed by atoms with E-state index >= 15 is 0 Å². The molecule has 0 rings (SSSR count). The summed E-state index contributed by atoms with van der Waals surface area (Å²) >= 11 is 0. The van der Waals surface area contributed by atoms with Crippen LogP contribution >= 0.6 is 0 Å². The molecule has 0 unspecified atom stereocenters. The number of esters is 1. The van der Waals surface area contributed by atoms with Crippen LogP contribution in [0.15, 0.2) is 24.4 Å². The predicted octanol–water partition coefficient (Wildman–Crippen LogP) is 1.86. The van der Waals surface area contributed by atoms with E-state index in [2.05, 4.69) is 11.9 Å². The van der Waals surface area contributed by atoms with Crippen molar-refractivity contribution >= 4 is 5.97 Å². The second-order valence-corrected chi connectivity index (χ2v) is 3.17. The van der Waals surface area contributed by atoms with Crippen molar-refractivity contribution in [1.29, 1.82) is 0 Å². The van der Waals surface area contributed by atoms with Gasteiger partial charge in [0.05, 0.1) is 6.61 Å². The van der Waals surface area contributed by atoms with Crippen LogP contribution in [-0.4, -0.2) is 19.1 Å². The van der Waals surface area contributed by atoms with Gasteiger partial charge in [0.25, 0.3) is 0 Å². The van der Waals surface area contributed by atoms with E-state index in [4.69, 9.17) is 4.74 Å². The molecule has 80 valence electrons. The molecule has 0 aromatic carbocycles. The Hall–Kier alpha value is -1.25. The fraction of sp³-hybridized carbons (Fsp3) is 0.545. The first kappa shape index (κ1) is 12.8. The predicted molar refractivity (Wildman–Crippen MR) is 57.8 cm³/mol. The Balaban J connectivity index is 4.01. The van der Waals surface area contributed by atoms with Crippen LogP contribution in [0.5, 0.6) is 0 Å². The van der Waals surface area contributed by atoms with Gasteiger partial charge in [0, 0.05) is 5.70 Å². The Labute approximate surface area is 85.8 Å². The van der Waals surface area contributed by atoms with Crippen molar-refractivity contribution in [3.05, 3.63) is 24.4 Å². The molecule has 0 saturated heterocycles. The molecule has 0 bridgehead atoms. The highest BCUT2D eigenvalue weighted by Crippen LogP contribution is 2.05. The van der Waals surface area contributed by atoms with Gasteiger partial charge in [0.1, 0.15) is 6.54 Å². The molecule has 0 saturated carbocycles. The Morgan fingerprint density at radius 1 is 1.57 bits per heavy atom. The Morgan fingerprint density at radius 2 is 2.21 bits per heavy atom. The molecule has 0 aliphatic carbocycles. The van der Waals surface area contributed by atoms with Gasteiger partial charge in [0.15, 0.2) is 0 Å². The fourth-order valence-electron chi connectivity index (χ4n) is 0.969. The summed E-state index contributed by atoms with van der Waals surface area (Å²) in [5, 5.41) is 3.02. The summed E-state index contributed by atoms with van der Waals surface area (Å²) in [5.41, 5.74) is 0.994. The number of hydrogen-bond acceptors (Lipinski definition) is 3. The van der Waals surface area contributed by atoms with Gasteiger partial charge < -0.3 is 10.1 Å². The highest BCUT2D eigenvalue weighted by atomic mass is 16.5. The lowest BCUT2D eigenvalue weighted by Crippen LogP contribution is -2.26. The number of nitrogens with one attached hydrogen (secondary N) is 1. The van der Waals surface area contributed by atoms with E-state index in [-0.39, 0.29) is 12.5 Å². The first-order valence-corrected chi connectivity index (χ1v) is 4.83. The van der Waals surface area contributed by atoms with Crippen molar-refractivity contribution in [2.45, 2.75) is 20.8 Å². The lowest BCUT2D eigenvalue weighted by Gasteiger charge is -2.13. The molecule has 3 nitrogen and oxygen atoms in total. The maximum absolute atomic E-state index is 11.0. The van der Waals surface area contributed by atoms with Gasteiger partial charge in [-0.2, -0.15) is 0 Å². The zero-order valence-electron chi connectivity index (χ0n) is 9.17. The van der Waals surface area contributed by atoms with E-state index in [1.165, 1.54) is 0 Å². The van der Waals surface area contributed by atoms with Crippen LogP contribution in [-0.2, 0) is 9.53 Å². The van der Waals surface area contributed by atoms with E-state index in [9.17, 15) is 4.79 Å². The summed E-state index contributed by atoms with van der Waals surface area (Å²) < 4.78 is 4.80. The third-order valence-corrected chi connectivity index (χ3v) is 1.66. The zero-order valence-corrected chi connectivity index (χ0v) is 9.17. The second-order valence-electron chi connectivity index (χ2n) is 3.17. The third-order valence-electron chi connectivity index (χ3n) is 1.66. The Bertz CT molecular complexity index is 219. The van der Waals surface area contributed by atoms with Crippen molar-refractivity contribution in [3.8, 4) is 0 Å². The van der Waals surface area contributed by atoms with E-state index in [1.54, 1.807) is 13.0 Å². The topological polar surface area (TPSA) is 38.3 Å². The summed E-state index contributed by atoms with van der Waals surface area (Å²) in [6.07, 6.45) is 3.57. The first-order chi connectivity index (χ1) is 6.61. The third kappa shape index (κ3) is 5.41. The molecule has 0 atom stereocenters. The number of hydrogen-bond donors (Lipinski definition) is 1. The van der Waals surface area contributed by atoms with Crippen LogP contribution in [0, 0.1) is 5.92 Å². The lowest BCUT2D eigenvalue weighted by atomic mass is 10.1. The SMILES string of the molecule is C=C/C=C(/NCC(=O)OCC)C(C)C. The van der Waals surface area contributed by atoms with Gasteiger partial charge >= 0.3 is 5.97 Å². The van der Waals surface area contributed by atoms with Gasteiger partial charge in [-0.25, -0.2) is 0 Å². The maximum atomic E-state index is 11.0. The largest absolute Gasteiger partial charge is 0.465 e. The quantitative estimate of drug-likeness (QED) is 0.522. The van der Waals surface area contributed by atoms with Crippen LogP contribution < -0.4 is 5.32 Å². The second kappa shape index (κ2) is 7.18. The Morgan fingerprint density at radius 3 is 2.64 bits per heavy atom. The van der Waals surface area contributed by atoms with Crippen LogP contribution in [0.25, 0.3) is 0 Å². The number of carbonyl (C=O) groups is 1. The molecule has 0 fully saturated rings. The van der Waals surface area contributed by atoms with Crippen molar-refractivity contribution in [1.82, 2.24) is 5.32 Å². The molecular weight excluding hydrogens is 178 g/mol. The standard InChI is InChI=1S/C11H19NO2/c1-5-7-10(9(3)4)12-8-11(13)14-6-2/h5,7,9,12H,1,6,8H2,2-4H3/b10-7+. The number of carbonyl (C=O) groups excluding carboxylic acids is 1. The van der Waals surface area contributed by atoms with Crippen LogP contribution in [0.2, 0.25) is 0 Å².